The Bertz CT molecular complexity index is 855. The highest BCUT2D eigenvalue weighted by atomic mass is 16.1. The number of pyridine rings is 1. The molecule has 21 heavy (non-hydrogen) atoms. The Kier molecular flexibility index (Phi) is 2.71. The molecule has 0 saturated heterocycles. The molecule has 2 aromatic carbocycles. The smallest absolute Gasteiger partial charge is 0.194 e. The van der Waals surface area contributed by atoms with Crippen LogP contribution < -0.4 is 5.32 Å². The molecule has 0 saturated carbocycles. The number of rotatable bonds is 2. The number of anilines is 1. The molecule has 3 heteroatoms. The highest BCUT2D eigenvalue weighted by molar-refractivity contribution is 6.10. The molecule has 2 heterocycles. The first-order valence-electron chi connectivity index (χ1n) is 7.07. The van der Waals surface area contributed by atoms with Gasteiger partial charge >= 0.3 is 0 Å². The van der Waals surface area contributed by atoms with Crippen LogP contribution in [0.15, 0.2) is 54.7 Å². The molecule has 0 bridgehead atoms. The first-order valence-corrected chi connectivity index (χ1v) is 7.07. The number of aromatic nitrogens is 1. The molecule has 3 nitrogen and oxygen atoms in total. The Hall–Kier alpha value is -2.68. The van der Waals surface area contributed by atoms with Gasteiger partial charge in [-0.25, -0.2) is 0 Å². The zero-order valence-corrected chi connectivity index (χ0v) is 11.5. The molecular formula is C18H14N2O. The van der Waals surface area contributed by atoms with Crippen molar-refractivity contribution in [3.63, 3.8) is 0 Å². The second-order valence-electron chi connectivity index (χ2n) is 5.29. The average molecular weight is 274 g/mol. The van der Waals surface area contributed by atoms with Crippen LogP contribution in [0.4, 0.5) is 5.69 Å². The number of nitrogens with one attached hydrogen (secondary N) is 1. The maximum atomic E-state index is 12.6. The molecular weight excluding hydrogens is 260 g/mol. The SMILES string of the molecule is O=C(c1ccc2c(c1)NCC2)c1cnc2ccccc2c1. The van der Waals surface area contributed by atoms with Crippen molar-refractivity contribution in [2.45, 2.75) is 6.42 Å². The number of benzene rings is 2. The van der Waals surface area contributed by atoms with E-state index in [-0.39, 0.29) is 5.78 Å². The summed E-state index contributed by atoms with van der Waals surface area (Å²) in [6.07, 6.45) is 2.69. The van der Waals surface area contributed by atoms with Crippen LogP contribution in [0.3, 0.4) is 0 Å². The number of fused-ring (bicyclic) bond motifs is 2. The predicted octanol–water partition coefficient (Wildman–Crippen LogP) is 3.43. The minimum absolute atomic E-state index is 0.0183. The fourth-order valence-corrected chi connectivity index (χ4v) is 2.79. The summed E-state index contributed by atoms with van der Waals surface area (Å²) in [5.41, 5.74) is 4.61. The summed E-state index contributed by atoms with van der Waals surface area (Å²) >= 11 is 0. The summed E-state index contributed by atoms with van der Waals surface area (Å²) in [7, 11) is 0. The van der Waals surface area contributed by atoms with Gasteiger partial charge in [0.2, 0.25) is 0 Å². The van der Waals surface area contributed by atoms with E-state index in [0.717, 1.165) is 29.6 Å². The summed E-state index contributed by atoms with van der Waals surface area (Å²) in [4.78, 5) is 17.0. The van der Waals surface area contributed by atoms with Crippen LogP contribution in [0.2, 0.25) is 0 Å². The summed E-state index contributed by atoms with van der Waals surface area (Å²) in [6, 6.07) is 15.6. The fourth-order valence-electron chi connectivity index (χ4n) is 2.79. The fraction of sp³-hybridized carbons (Fsp3) is 0.111. The number of hydrogen-bond acceptors (Lipinski definition) is 3. The molecule has 3 aromatic rings. The Morgan fingerprint density at radius 2 is 1.95 bits per heavy atom. The van der Waals surface area contributed by atoms with E-state index in [1.165, 1.54) is 5.56 Å². The molecule has 1 aliphatic heterocycles. The van der Waals surface area contributed by atoms with Crippen molar-refractivity contribution in [3.8, 4) is 0 Å². The molecule has 0 fully saturated rings. The van der Waals surface area contributed by atoms with Crippen molar-refractivity contribution in [2.24, 2.45) is 0 Å². The van der Waals surface area contributed by atoms with Crippen LogP contribution in [-0.2, 0) is 6.42 Å². The largest absolute Gasteiger partial charge is 0.384 e. The van der Waals surface area contributed by atoms with E-state index in [4.69, 9.17) is 0 Å². The monoisotopic (exact) mass is 274 g/mol. The standard InChI is InChI=1S/C18H14N2O/c21-18(14-6-5-12-7-8-19-17(12)10-14)15-9-13-3-1-2-4-16(13)20-11-15/h1-6,9-11,19H,7-8H2. The van der Waals surface area contributed by atoms with Gasteiger partial charge in [0.15, 0.2) is 5.78 Å². The van der Waals surface area contributed by atoms with E-state index < -0.39 is 0 Å². The summed E-state index contributed by atoms with van der Waals surface area (Å²) in [6.45, 7) is 0.949. The van der Waals surface area contributed by atoms with Gasteiger partial charge in [0.25, 0.3) is 0 Å². The highest BCUT2D eigenvalue weighted by Gasteiger charge is 2.15. The summed E-state index contributed by atoms with van der Waals surface area (Å²) < 4.78 is 0. The van der Waals surface area contributed by atoms with Gasteiger partial charge in [-0.15, -0.1) is 0 Å². The van der Waals surface area contributed by atoms with Crippen molar-refractivity contribution in [2.75, 3.05) is 11.9 Å². The Morgan fingerprint density at radius 1 is 1.05 bits per heavy atom. The van der Waals surface area contributed by atoms with E-state index in [0.29, 0.717) is 11.1 Å². The quantitative estimate of drug-likeness (QED) is 0.728. The number of para-hydroxylation sites is 1. The summed E-state index contributed by atoms with van der Waals surface area (Å²) in [5.74, 6) is 0.0183. The number of ketones is 1. The van der Waals surface area contributed by atoms with Crippen molar-refractivity contribution >= 4 is 22.4 Å². The van der Waals surface area contributed by atoms with Gasteiger partial charge in [0.1, 0.15) is 0 Å². The van der Waals surface area contributed by atoms with Crippen molar-refractivity contribution in [3.05, 3.63) is 71.4 Å². The molecule has 0 spiro atoms. The van der Waals surface area contributed by atoms with E-state index in [1.54, 1.807) is 6.20 Å². The van der Waals surface area contributed by atoms with Crippen molar-refractivity contribution in [1.82, 2.24) is 4.98 Å². The molecule has 0 unspecified atom stereocenters. The van der Waals surface area contributed by atoms with Gasteiger partial charge in [-0.1, -0.05) is 30.3 Å². The van der Waals surface area contributed by atoms with Crippen molar-refractivity contribution < 1.29 is 4.79 Å². The number of carbonyl (C=O) groups is 1. The molecule has 4 rings (SSSR count). The van der Waals surface area contributed by atoms with Crippen LogP contribution in [-0.4, -0.2) is 17.3 Å². The van der Waals surface area contributed by atoms with Gasteiger partial charge in [0.05, 0.1) is 5.52 Å². The van der Waals surface area contributed by atoms with Crippen LogP contribution >= 0.6 is 0 Å². The average Bonchev–Trinajstić information content (AvgIpc) is 3.01. The Balaban J connectivity index is 1.75. The van der Waals surface area contributed by atoms with Crippen LogP contribution in [0.25, 0.3) is 10.9 Å². The molecule has 0 radical (unpaired) electrons. The second kappa shape index (κ2) is 4.70. The first-order chi connectivity index (χ1) is 10.3. The van der Waals surface area contributed by atoms with Crippen LogP contribution in [0.5, 0.6) is 0 Å². The molecule has 102 valence electrons. The van der Waals surface area contributed by atoms with Gasteiger partial charge in [-0.2, -0.15) is 0 Å². The predicted molar refractivity (Wildman–Crippen MR) is 83.8 cm³/mol. The van der Waals surface area contributed by atoms with E-state index >= 15 is 0 Å². The highest BCUT2D eigenvalue weighted by Crippen LogP contribution is 2.25. The normalized spacial score (nSPS) is 13.0. The van der Waals surface area contributed by atoms with E-state index in [2.05, 4.69) is 10.3 Å². The molecule has 0 aliphatic carbocycles. The van der Waals surface area contributed by atoms with Gasteiger partial charge in [-0.05, 0) is 30.2 Å². The lowest BCUT2D eigenvalue weighted by atomic mass is 10.0. The van der Waals surface area contributed by atoms with Crippen LogP contribution in [0.1, 0.15) is 21.5 Å². The third-order valence-electron chi connectivity index (χ3n) is 3.93. The lowest BCUT2D eigenvalue weighted by Crippen LogP contribution is -2.03. The minimum Gasteiger partial charge on any atom is -0.384 e. The number of nitrogens with zero attached hydrogens (tertiary/aromatic N) is 1. The minimum atomic E-state index is 0.0183. The summed E-state index contributed by atoms with van der Waals surface area (Å²) in [5, 5.41) is 4.30. The Labute approximate surface area is 122 Å². The Morgan fingerprint density at radius 3 is 2.90 bits per heavy atom. The molecule has 0 atom stereocenters. The third-order valence-corrected chi connectivity index (χ3v) is 3.93. The molecule has 1 aliphatic rings. The maximum Gasteiger partial charge on any atom is 0.194 e. The van der Waals surface area contributed by atoms with Gasteiger partial charge in [0, 0.05) is 34.9 Å². The van der Waals surface area contributed by atoms with Gasteiger partial charge < -0.3 is 5.32 Å². The number of carbonyl (C=O) groups excluding carboxylic acids is 1. The maximum absolute atomic E-state index is 12.6. The van der Waals surface area contributed by atoms with Crippen molar-refractivity contribution in [1.29, 1.82) is 0 Å². The van der Waals surface area contributed by atoms with E-state index in [1.807, 2.05) is 48.5 Å². The zero-order chi connectivity index (χ0) is 14.2. The number of hydrogen-bond donors (Lipinski definition) is 1. The van der Waals surface area contributed by atoms with Crippen LogP contribution in [0, 0.1) is 0 Å². The lowest BCUT2D eigenvalue weighted by Gasteiger charge is -2.05. The van der Waals surface area contributed by atoms with E-state index in [9.17, 15) is 4.79 Å². The third kappa shape index (κ3) is 2.07. The second-order valence-corrected chi connectivity index (χ2v) is 5.29. The zero-order valence-electron chi connectivity index (χ0n) is 11.5. The molecule has 1 N–H and O–H groups in total. The van der Waals surface area contributed by atoms with Gasteiger partial charge in [-0.3, -0.25) is 9.78 Å². The lowest BCUT2D eigenvalue weighted by molar-refractivity contribution is 0.103. The first kappa shape index (κ1) is 12.1. The molecule has 0 amide bonds. The molecule has 1 aromatic heterocycles. The topological polar surface area (TPSA) is 42.0 Å².